The molecule has 1 aliphatic rings. The van der Waals surface area contributed by atoms with Gasteiger partial charge in [-0.05, 0) is 18.1 Å². The third kappa shape index (κ3) is 2.59. The van der Waals surface area contributed by atoms with Crippen molar-refractivity contribution in [1.29, 1.82) is 0 Å². The maximum absolute atomic E-state index is 11.4. The minimum absolute atomic E-state index is 0.165. The Labute approximate surface area is 110 Å². The lowest BCUT2D eigenvalue weighted by atomic mass is 10.1. The van der Waals surface area contributed by atoms with Gasteiger partial charge in [0, 0.05) is 21.9 Å². The second kappa shape index (κ2) is 4.88. The Morgan fingerprint density at radius 3 is 2.88 bits per heavy atom. The highest BCUT2D eigenvalue weighted by atomic mass is 35.5. The molecule has 0 saturated heterocycles. The number of amides is 1. The molecule has 0 saturated carbocycles. The molecule has 0 spiro atoms. The third-order valence-corrected chi connectivity index (χ3v) is 4.46. The van der Waals surface area contributed by atoms with Crippen molar-refractivity contribution in [2.75, 3.05) is 11.1 Å². The molecule has 5 heteroatoms. The molecule has 1 aromatic carbocycles. The second-order valence-electron chi connectivity index (χ2n) is 4.54. The molecule has 3 N–H and O–H groups in total. The number of benzene rings is 1. The van der Waals surface area contributed by atoms with Crippen LogP contribution in [0.25, 0.3) is 0 Å². The Kier molecular flexibility index (Phi) is 3.66. The highest BCUT2D eigenvalue weighted by Crippen LogP contribution is 2.38. The van der Waals surface area contributed by atoms with Crippen LogP contribution >= 0.6 is 23.4 Å². The molecule has 1 aliphatic heterocycles. The molecule has 0 radical (unpaired) electrons. The van der Waals surface area contributed by atoms with Crippen molar-refractivity contribution in [3.05, 3.63) is 22.7 Å². The minimum atomic E-state index is -0.591. The van der Waals surface area contributed by atoms with Gasteiger partial charge in [0.15, 0.2) is 0 Å². The van der Waals surface area contributed by atoms with Crippen LogP contribution in [0, 0.1) is 5.92 Å². The fraction of sp³-hybridized carbons (Fsp3) is 0.417. The summed E-state index contributed by atoms with van der Waals surface area (Å²) >= 11 is 7.89. The van der Waals surface area contributed by atoms with Crippen LogP contribution in [0.5, 0.6) is 0 Å². The maximum atomic E-state index is 11.4. The average molecular weight is 271 g/mol. The van der Waals surface area contributed by atoms with E-state index < -0.39 is 6.04 Å². The molecule has 1 heterocycles. The van der Waals surface area contributed by atoms with E-state index >= 15 is 0 Å². The van der Waals surface area contributed by atoms with Gasteiger partial charge < -0.3 is 11.1 Å². The minimum Gasteiger partial charge on any atom is -0.324 e. The van der Waals surface area contributed by atoms with Crippen LogP contribution in [0.4, 0.5) is 5.69 Å². The monoisotopic (exact) mass is 270 g/mol. The summed E-state index contributed by atoms with van der Waals surface area (Å²) < 4.78 is 0. The predicted molar refractivity (Wildman–Crippen MR) is 72.6 cm³/mol. The molecule has 0 aromatic heterocycles. The summed E-state index contributed by atoms with van der Waals surface area (Å²) in [5, 5.41) is 3.43. The van der Waals surface area contributed by atoms with Crippen molar-refractivity contribution >= 4 is 35.0 Å². The molecule has 92 valence electrons. The largest absolute Gasteiger partial charge is 0.324 e. The Hall–Kier alpha value is -0.710. The Balaban J connectivity index is 2.27. The molecule has 1 aromatic rings. The Morgan fingerprint density at radius 2 is 2.24 bits per heavy atom. The average Bonchev–Trinajstić information content (AvgIpc) is 2.52. The summed E-state index contributed by atoms with van der Waals surface area (Å²) in [6, 6.07) is 3.11. The zero-order valence-electron chi connectivity index (χ0n) is 9.79. The molecule has 1 amide bonds. The van der Waals surface area contributed by atoms with Gasteiger partial charge in [0.2, 0.25) is 5.91 Å². The van der Waals surface area contributed by atoms with E-state index in [2.05, 4.69) is 19.2 Å². The number of halogens is 1. The number of carbonyl (C=O) groups excluding carboxylic acids is 1. The molecule has 3 nitrogen and oxygen atoms in total. The first-order valence-electron chi connectivity index (χ1n) is 5.51. The smallest absolute Gasteiger partial charge is 0.245 e. The standard InChI is InChI=1S/C12H15ClN2OS/c1-6(2)5-17-10-4-9-7(3-8(10)13)11(14)12(16)15-9/h3-4,6,11H,5,14H2,1-2H3,(H,15,16). The van der Waals surface area contributed by atoms with E-state index in [1.165, 1.54) is 0 Å². The molecule has 0 aliphatic carbocycles. The first kappa shape index (κ1) is 12.7. The maximum Gasteiger partial charge on any atom is 0.245 e. The first-order chi connectivity index (χ1) is 7.99. The number of fused-ring (bicyclic) bond motifs is 1. The summed E-state index contributed by atoms with van der Waals surface area (Å²) in [7, 11) is 0. The zero-order chi connectivity index (χ0) is 12.6. The van der Waals surface area contributed by atoms with Crippen molar-refractivity contribution in [2.45, 2.75) is 24.8 Å². The fourth-order valence-corrected chi connectivity index (χ4v) is 2.90. The van der Waals surface area contributed by atoms with Gasteiger partial charge in [-0.1, -0.05) is 25.4 Å². The van der Waals surface area contributed by atoms with E-state index in [9.17, 15) is 4.79 Å². The molecule has 1 atom stereocenters. The van der Waals surface area contributed by atoms with Gasteiger partial charge in [0.05, 0.1) is 5.02 Å². The van der Waals surface area contributed by atoms with Crippen LogP contribution in [0.1, 0.15) is 25.5 Å². The van der Waals surface area contributed by atoms with Crippen molar-refractivity contribution < 1.29 is 4.79 Å². The topological polar surface area (TPSA) is 55.1 Å². The number of anilines is 1. The SMILES string of the molecule is CC(C)CSc1cc2c(cc1Cl)C(N)C(=O)N2. The number of rotatable bonds is 3. The van der Waals surface area contributed by atoms with Crippen molar-refractivity contribution in [2.24, 2.45) is 11.7 Å². The van der Waals surface area contributed by atoms with Gasteiger partial charge in [-0.3, -0.25) is 4.79 Å². The summed E-state index contributed by atoms with van der Waals surface area (Å²) in [5.74, 6) is 1.43. The van der Waals surface area contributed by atoms with Crippen LogP contribution < -0.4 is 11.1 Å². The first-order valence-corrected chi connectivity index (χ1v) is 6.88. The van der Waals surface area contributed by atoms with E-state index in [0.29, 0.717) is 10.9 Å². The summed E-state index contributed by atoms with van der Waals surface area (Å²) in [5.41, 5.74) is 7.33. The lowest BCUT2D eigenvalue weighted by molar-refractivity contribution is -0.116. The molecular weight excluding hydrogens is 256 g/mol. The van der Waals surface area contributed by atoms with E-state index in [4.69, 9.17) is 17.3 Å². The van der Waals surface area contributed by atoms with E-state index in [0.717, 1.165) is 21.9 Å². The Morgan fingerprint density at radius 1 is 1.53 bits per heavy atom. The quantitative estimate of drug-likeness (QED) is 0.830. The molecule has 0 bridgehead atoms. The molecular formula is C12H15ClN2OS. The third-order valence-electron chi connectivity index (χ3n) is 2.55. The number of hydrogen-bond donors (Lipinski definition) is 2. The van der Waals surface area contributed by atoms with Crippen LogP contribution in [-0.2, 0) is 4.79 Å². The lowest BCUT2D eigenvalue weighted by Gasteiger charge is -2.09. The molecule has 1 unspecified atom stereocenters. The summed E-state index contributed by atoms with van der Waals surface area (Å²) in [4.78, 5) is 12.4. The lowest BCUT2D eigenvalue weighted by Crippen LogP contribution is -2.19. The van der Waals surface area contributed by atoms with Crippen LogP contribution in [0.2, 0.25) is 5.02 Å². The highest BCUT2D eigenvalue weighted by molar-refractivity contribution is 7.99. The van der Waals surface area contributed by atoms with Crippen LogP contribution in [0.3, 0.4) is 0 Å². The van der Waals surface area contributed by atoms with E-state index in [1.807, 2.05) is 6.07 Å². The summed E-state index contributed by atoms with van der Waals surface area (Å²) in [6.07, 6.45) is 0. The van der Waals surface area contributed by atoms with Gasteiger partial charge in [-0.25, -0.2) is 0 Å². The van der Waals surface area contributed by atoms with Gasteiger partial charge in [-0.15, -0.1) is 11.8 Å². The van der Waals surface area contributed by atoms with Gasteiger partial charge in [0.25, 0.3) is 0 Å². The second-order valence-corrected chi connectivity index (χ2v) is 6.01. The number of nitrogens with two attached hydrogens (primary N) is 1. The molecule has 0 fully saturated rings. The van der Waals surface area contributed by atoms with Crippen molar-refractivity contribution in [3.8, 4) is 0 Å². The van der Waals surface area contributed by atoms with Crippen LogP contribution in [-0.4, -0.2) is 11.7 Å². The normalized spacial score (nSPS) is 18.4. The predicted octanol–water partition coefficient (Wildman–Crippen LogP) is 3.04. The number of nitrogens with one attached hydrogen (secondary N) is 1. The van der Waals surface area contributed by atoms with Crippen molar-refractivity contribution in [3.63, 3.8) is 0 Å². The number of carbonyl (C=O) groups is 1. The summed E-state index contributed by atoms with van der Waals surface area (Å²) in [6.45, 7) is 4.32. The number of thioether (sulfide) groups is 1. The van der Waals surface area contributed by atoms with E-state index in [1.54, 1.807) is 17.8 Å². The van der Waals surface area contributed by atoms with E-state index in [-0.39, 0.29) is 5.91 Å². The van der Waals surface area contributed by atoms with Crippen LogP contribution in [0.15, 0.2) is 17.0 Å². The number of hydrogen-bond acceptors (Lipinski definition) is 3. The molecule has 17 heavy (non-hydrogen) atoms. The van der Waals surface area contributed by atoms with Crippen molar-refractivity contribution in [1.82, 2.24) is 0 Å². The molecule has 2 rings (SSSR count). The van der Waals surface area contributed by atoms with Gasteiger partial charge in [0.1, 0.15) is 6.04 Å². The fourth-order valence-electron chi connectivity index (χ4n) is 1.65. The highest BCUT2D eigenvalue weighted by Gasteiger charge is 2.28. The Bertz CT molecular complexity index is 462. The van der Waals surface area contributed by atoms with Gasteiger partial charge >= 0.3 is 0 Å². The van der Waals surface area contributed by atoms with Gasteiger partial charge in [-0.2, -0.15) is 0 Å². The zero-order valence-corrected chi connectivity index (χ0v) is 11.4.